The smallest absolute Gasteiger partial charge is 0.257 e. The molecule has 8 nitrogen and oxygen atoms in total. The van der Waals surface area contributed by atoms with Crippen LogP contribution in [0.25, 0.3) is 5.82 Å². The average Bonchev–Trinajstić information content (AvgIpc) is 3.27. The molecule has 1 fully saturated rings. The summed E-state index contributed by atoms with van der Waals surface area (Å²) in [6.07, 6.45) is 3.49. The Balaban J connectivity index is 1.57. The molecular formula is C20H22N6O2. The Kier molecular flexibility index (Phi) is 4.79. The maximum atomic E-state index is 12.7. The van der Waals surface area contributed by atoms with Crippen molar-refractivity contribution in [2.75, 3.05) is 18.4 Å². The van der Waals surface area contributed by atoms with Gasteiger partial charge in [-0.15, -0.1) is 0 Å². The number of aryl methyl sites for hydroxylation is 2. The minimum atomic E-state index is -0.448. The highest BCUT2D eigenvalue weighted by atomic mass is 16.3. The number of anilines is 2. The molecule has 144 valence electrons. The Hall–Kier alpha value is -3.26. The van der Waals surface area contributed by atoms with Crippen LogP contribution in [0.5, 0.6) is 0 Å². The molecule has 0 spiro atoms. The Labute approximate surface area is 162 Å². The molecular weight excluding hydrogens is 356 g/mol. The second kappa shape index (κ2) is 7.40. The summed E-state index contributed by atoms with van der Waals surface area (Å²) in [6.45, 7) is 4.74. The number of rotatable bonds is 4. The standard InChI is InChI=1S/C20H22N6O2/c1-13-4-3-5-15(10-13)22-20-21-8-6-18(23-20)26-12-17(14(2)24-26)19(28)25-9-7-16(27)11-25/h3-6,8,10,12,16,27H,7,9,11H2,1-2H3,(H,21,22,23)/t16-/m0/s1. The highest BCUT2D eigenvalue weighted by molar-refractivity contribution is 5.95. The molecule has 1 amide bonds. The summed E-state index contributed by atoms with van der Waals surface area (Å²) in [7, 11) is 0. The first kappa shape index (κ1) is 18.1. The summed E-state index contributed by atoms with van der Waals surface area (Å²) in [6, 6.07) is 9.68. The van der Waals surface area contributed by atoms with Gasteiger partial charge in [0.15, 0.2) is 5.82 Å². The van der Waals surface area contributed by atoms with Crippen LogP contribution in [0.3, 0.4) is 0 Å². The third-order valence-corrected chi connectivity index (χ3v) is 4.73. The van der Waals surface area contributed by atoms with Gasteiger partial charge < -0.3 is 15.3 Å². The second-order valence-electron chi connectivity index (χ2n) is 7.00. The molecule has 0 bridgehead atoms. The van der Waals surface area contributed by atoms with Gasteiger partial charge in [-0.25, -0.2) is 9.67 Å². The number of nitrogens with zero attached hydrogens (tertiary/aromatic N) is 5. The summed E-state index contributed by atoms with van der Waals surface area (Å²) >= 11 is 0. The van der Waals surface area contributed by atoms with E-state index < -0.39 is 6.10 Å². The van der Waals surface area contributed by atoms with E-state index in [-0.39, 0.29) is 5.91 Å². The molecule has 0 radical (unpaired) electrons. The summed E-state index contributed by atoms with van der Waals surface area (Å²) in [5.41, 5.74) is 3.18. The molecule has 1 saturated heterocycles. The predicted octanol–water partition coefficient (Wildman–Crippen LogP) is 2.23. The topological polar surface area (TPSA) is 96.2 Å². The number of β-amino-alcohol motifs (C(OH)–C–C–N with tert-alkyl or cyclic N) is 1. The van der Waals surface area contributed by atoms with Crippen molar-refractivity contribution in [2.24, 2.45) is 0 Å². The van der Waals surface area contributed by atoms with Gasteiger partial charge in [0, 0.05) is 37.2 Å². The van der Waals surface area contributed by atoms with Gasteiger partial charge in [0.05, 0.1) is 17.4 Å². The van der Waals surface area contributed by atoms with Crippen LogP contribution in [0.2, 0.25) is 0 Å². The van der Waals surface area contributed by atoms with Gasteiger partial charge in [0.2, 0.25) is 5.95 Å². The van der Waals surface area contributed by atoms with E-state index in [4.69, 9.17) is 0 Å². The molecule has 8 heteroatoms. The van der Waals surface area contributed by atoms with E-state index in [0.717, 1.165) is 11.3 Å². The lowest BCUT2D eigenvalue weighted by Gasteiger charge is -2.14. The largest absolute Gasteiger partial charge is 0.391 e. The molecule has 28 heavy (non-hydrogen) atoms. The second-order valence-corrected chi connectivity index (χ2v) is 7.00. The Morgan fingerprint density at radius 1 is 1.29 bits per heavy atom. The normalized spacial score (nSPS) is 16.4. The summed E-state index contributed by atoms with van der Waals surface area (Å²) < 4.78 is 1.58. The van der Waals surface area contributed by atoms with Gasteiger partial charge >= 0.3 is 0 Å². The van der Waals surface area contributed by atoms with Crippen molar-refractivity contribution in [2.45, 2.75) is 26.4 Å². The zero-order chi connectivity index (χ0) is 19.7. The highest BCUT2D eigenvalue weighted by Crippen LogP contribution is 2.18. The van der Waals surface area contributed by atoms with Crippen molar-refractivity contribution in [3.05, 3.63) is 59.5 Å². The summed E-state index contributed by atoms with van der Waals surface area (Å²) in [5, 5.41) is 17.3. The predicted molar refractivity (Wildman–Crippen MR) is 105 cm³/mol. The zero-order valence-electron chi connectivity index (χ0n) is 15.8. The maximum absolute atomic E-state index is 12.7. The van der Waals surface area contributed by atoms with Crippen LogP contribution in [-0.2, 0) is 0 Å². The van der Waals surface area contributed by atoms with E-state index in [1.807, 2.05) is 31.2 Å². The number of nitrogens with one attached hydrogen (secondary N) is 1. The number of amides is 1. The lowest BCUT2D eigenvalue weighted by atomic mass is 10.2. The Morgan fingerprint density at radius 2 is 2.14 bits per heavy atom. The average molecular weight is 378 g/mol. The van der Waals surface area contributed by atoms with E-state index in [2.05, 4.69) is 20.4 Å². The molecule has 2 aromatic heterocycles. The third kappa shape index (κ3) is 3.72. The van der Waals surface area contributed by atoms with Gasteiger partial charge in [0.1, 0.15) is 0 Å². The monoisotopic (exact) mass is 378 g/mol. The number of carbonyl (C=O) groups is 1. The quantitative estimate of drug-likeness (QED) is 0.723. The minimum absolute atomic E-state index is 0.118. The van der Waals surface area contributed by atoms with E-state index in [9.17, 15) is 9.90 Å². The molecule has 0 aliphatic carbocycles. The van der Waals surface area contributed by atoms with Crippen LogP contribution in [0.4, 0.5) is 11.6 Å². The lowest BCUT2D eigenvalue weighted by Crippen LogP contribution is -2.29. The number of aliphatic hydroxyl groups excluding tert-OH is 1. The number of hydrogen-bond donors (Lipinski definition) is 2. The molecule has 1 atom stereocenters. The van der Waals surface area contributed by atoms with Crippen LogP contribution < -0.4 is 5.32 Å². The molecule has 2 N–H and O–H groups in total. The van der Waals surface area contributed by atoms with Gasteiger partial charge in [-0.2, -0.15) is 10.1 Å². The number of hydrogen-bond acceptors (Lipinski definition) is 6. The number of aliphatic hydroxyl groups is 1. The number of aromatic nitrogens is 4. The number of carbonyl (C=O) groups excluding carboxylic acids is 1. The van der Waals surface area contributed by atoms with Gasteiger partial charge in [-0.1, -0.05) is 12.1 Å². The molecule has 4 rings (SSSR count). The Bertz CT molecular complexity index is 1020. The molecule has 3 heterocycles. The number of benzene rings is 1. The fourth-order valence-electron chi connectivity index (χ4n) is 3.27. The number of likely N-dealkylation sites (tertiary alicyclic amines) is 1. The van der Waals surface area contributed by atoms with Crippen molar-refractivity contribution in [3.63, 3.8) is 0 Å². The summed E-state index contributed by atoms with van der Waals surface area (Å²) in [4.78, 5) is 23.1. The van der Waals surface area contributed by atoms with Crippen LogP contribution in [0.1, 0.15) is 28.0 Å². The van der Waals surface area contributed by atoms with Crippen LogP contribution in [0.15, 0.2) is 42.7 Å². The minimum Gasteiger partial charge on any atom is -0.391 e. The Morgan fingerprint density at radius 3 is 2.89 bits per heavy atom. The fraction of sp³-hybridized carbons (Fsp3) is 0.300. The van der Waals surface area contributed by atoms with E-state index in [1.165, 1.54) is 0 Å². The molecule has 1 aromatic carbocycles. The first-order chi connectivity index (χ1) is 13.5. The highest BCUT2D eigenvalue weighted by Gasteiger charge is 2.27. The van der Waals surface area contributed by atoms with Crippen LogP contribution >= 0.6 is 0 Å². The maximum Gasteiger partial charge on any atom is 0.257 e. The third-order valence-electron chi connectivity index (χ3n) is 4.73. The van der Waals surface area contributed by atoms with E-state index >= 15 is 0 Å². The van der Waals surface area contributed by atoms with Crippen molar-refractivity contribution in [3.8, 4) is 5.82 Å². The molecule has 0 unspecified atom stereocenters. The first-order valence-corrected chi connectivity index (χ1v) is 9.20. The fourth-order valence-corrected chi connectivity index (χ4v) is 3.27. The van der Waals surface area contributed by atoms with Gasteiger partial charge in [0.25, 0.3) is 5.91 Å². The van der Waals surface area contributed by atoms with Crippen molar-refractivity contribution in [1.82, 2.24) is 24.6 Å². The molecule has 3 aromatic rings. The first-order valence-electron chi connectivity index (χ1n) is 9.20. The van der Waals surface area contributed by atoms with Gasteiger partial charge in [-0.3, -0.25) is 4.79 Å². The van der Waals surface area contributed by atoms with Crippen LogP contribution in [-0.4, -0.2) is 54.9 Å². The molecule has 1 aliphatic heterocycles. The van der Waals surface area contributed by atoms with E-state index in [1.54, 1.807) is 35.0 Å². The SMILES string of the molecule is Cc1cccc(Nc2nccc(-n3cc(C(=O)N4CC[C@H](O)C4)c(C)n3)n2)c1. The lowest BCUT2D eigenvalue weighted by molar-refractivity contribution is 0.0764. The van der Waals surface area contributed by atoms with Crippen LogP contribution in [0, 0.1) is 13.8 Å². The summed E-state index contributed by atoms with van der Waals surface area (Å²) in [5.74, 6) is 0.896. The van der Waals surface area contributed by atoms with Gasteiger partial charge in [-0.05, 0) is 38.0 Å². The molecule has 0 saturated carbocycles. The van der Waals surface area contributed by atoms with Crippen molar-refractivity contribution >= 4 is 17.5 Å². The molecule has 1 aliphatic rings. The van der Waals surface area contributed by atoms with E-state index in [0.29, 0.717) is 42.5 Å². The van der Waals surface area contributed by atoms with Crippen molar-refractivity contribution in [1.29, 1.82) is 0 Å². The van der Waals surface area contributed by atoms with Crippen molar-refractivity contribution < 1.29 is 9.90 Å². The zero-order valence-corrected chi connectivity index (χ0v) is 15.8.